The van der Waals surface area contributed by atoms with Crippen molar-refractivity contribution in [2.45, 2.75) is 13.8 Å². The molecule has 0 heterocycles. The van der Waals surface area contributed by atoms with Gasteiger partial charge < -0.3 is 10.6 Å². The lowest BCUT2D eigenvalue weighted by atomic mass is 10.1. The minimum atomic E-state index is -0.315. The second-order valence-corrected chi connectivity index (χ2v) is 4.61. The van der Waals surface area contributed by atoms with Crippen LogP contribution in [0.15, 0.2) is 36.4 Å². The number of nitrogen functional groups attached to an aromatic ring is 1. The third-order valence-corrected chi connectivity index (χ3v) is 2.94. The Morgan fingerprint density at radius 1 is 1.00 bits per heavy atom. The van der Waals surface area contributed by atoms with Gasteiger partial charge in [-0.3, -0.25) is 0 Å². The molecule has 2 N–H and O–H groups in total. The van der Waals surface area contributed by atoms with Gasteiger partial charge in [-0.05, 0) is 55.3 Å². The van der Waals surface area contributed by atoms with Crippen LogP contribution in [0.4, 0.5) is 21.5 Å². The van der Waals surface area contributed by atoms with E-state index in [0.717, 1.165) is 11.4 Å². The highest BCUT2D eigenvalue weighted by Gasteiger charge is 2.09. The van der Waals surface area contributed by atoms with Crippen molar-refractivity contribution >= 4 is 17.1 Å². The standard InChI is InChI=1S/C15H17FN2/c1-10-6-11(2)8-13(7-10)18(3)15-5-4-12(16)9-14(15)17/h4-9H,17H2,1-3H3. The van der Waals surface area contributed by atoms with E-state index in [2.05, 4.69) is 32.0 Å². The summed E-state index contributed by atoms with van der Waals surface area (Å²) in [5.74, 6) is -0.315. The van der Waals surface area contributed by atoms with Crippen molar-refractivity contribution in [3.63, 3.8) is 0 Å². The molecule has 18 heavy (non-hydrogen) atoms. The van der Waals surface area contributed by atoms with Gasteiger partial charge in [-0.1, -0.05) is 6.07 Å². The molecular formula is C15H17FN2. The molecule has 0 fully saturated rings. The van der Waals surface area contributed by atoms with E-state index in [1.807, 2.05) is 11.9 Å². The van der Waals surface area contributed by atoms with Crippen molar-refractivity contribution < 1.29 is 4.39 Å². The topological polar surface area (TPSA) is 29.3 Å². The second kappa shape index (κ2) is 4.69. The summed E-state index contributed by atoms with van der Waals surface area (Å²) in [6.45, 7) is 4.11. The van der Waals surface area contributed by atoms with Crippen molar-refractivity contribution in [2.24, 2.45) is 0 Å². The molecule has 0 radical (unpaired) electrons. The highest BCUT2D eigenvalue weighted by molar-refractivity contribution is 5.74. The number of hydrogen-bond acceptors (Lipinski definition) is 2. The zero-order valence-corrected chi connectivity index (χ0v) is 10.9. The Balaban J connectivity index is 2.44. The van der Waals surface area contributed by atoms with Crippen molar-refractivity contribution in [1.82, 2.24) is 0 Å². The number of benzene rings is 2. The van der Waals surface area contributed by atoms with Gasteiger partial charge in [0.25, 0.3) is 0 Å². The number of nitrogens with two attached hydrogens (primary N) is 1. The first kappa shape index (κ1) is 12.4. The molecular weight excluding hydrogens is 227 g/mol. The molecule has 0 atom stereocenters. The monoisotopic (exact) mass is 244 g/mol. The maximum Gasteiger partial charge on any atom is 0.125 e. The number of aryl methyl sites for hydroxylation is 2. The summed E-state index contributed by atoms with van der Waals surface area (Å²) in [5.41, 5.74) is 10.5. The summed E-state index contributed by atoms with van der Waals surface area (Å²) in [7, 11) is 1.93. The van der Waals surface area contributed by atoms with Crippen LogP contribution in [-0.4, -0.2) is 7.05 Å². The Bertz CT molecular complexity index is 558. The predicted molar refractivity (Wildman–Crippen MR) is 74.8 cm³/mol. The van der Waals surface area contributed by atoms with Crippen LogP contribution in [0.1, 0.15) is 11.1 Å². The highest BCUT2D eigenvalue weighted by Crippen LogP contribution is 2.30. The Morgan fingerprint density at radius 3 is 2.17 bits per heavy atom. The molecule has 0 aliphatic rings. The molecule has 0 spiro atoms. The Labute approximate surface area is 107 Å². The number of nitrogens with zero attached hydrogens (tertiary/aromatic N) is 1. The van der Waals surface area contributed by atoms with E-state index in [9.17, 15) is 4.39 Å². The minimum absolute atomic E-state index is 0.315. The quantitative estimate of drug-likeness (QED) is 0.814. The van der Waals surface area contributed by atoms with Gasteiger partial charge >= 0.3 is 0 Å². The largest absolute Gasteiger partial charge is 0.397 e. The van der Waals surface area contributed by atoms with E-state index in [-0.39, 0.29) is 5.82 Å². The van der Waals surface area contributed by atoms with Crippen LogP contribution in [0.2, 0.25) is 0 Å². The third-order valence-electron chi connectivity index (χ3n) is 2.94. The van der Waals surface area contributed by atoms with Crippen molar-refractivity contribution in [1.29, 1.82) is 0 Å². The maximum atomic E-state index is 13.0. The first-order valence-corrected chi connectivity index (χ1v) is 5.84. The summed E-state index contributed by atoms with van der Waals surface area (Å²) >= 11 is 0. The molecule has 0 aliphatic heterocycles. The van der Waals surface area contributed by atoms with Crippen LogP contribution in [0.5, 0.6) is 0 Å². The summed E-state index contributed by atoms with van der Waals surface area (Å²) in [6.07, 6.45) is 0. The van der Waals surface area contributed by atoms with E-state index in [0.29, 0.717) is 5.69 Å². The van der Waals surface area contributed by atoms with Crippen LogP contribution < -0.4 is 10.6 Å². The van der Waals surface area contributed by atoms with Crippen molar-refractivity contribution in [3.05, 3.63) is 53.3 Å². The van der Waals surface area contributed by atoms with Crippen molar-refractivity contribution in [2.75, 3.05) is 17.7 Å². The fourth-order valence-electron chi connectivity index (χ4n) is 2.11. The highest BCUT2D eigenvalue weighted by atomic mass is 19.1. The Hall–Kier alpha value is -2.03. The first-order valence-electron chi connectivity index (χ1n) is 5.84. The van der Waals surface area contributed by atoms with Crippen LogP contribution in [0, 0.1) is 19.7 Å². The molecule has 0 amide bonds. The van der Waals surface area contributed by atoms with Gasteiger partial charge in [0.05, 0.1) is 11.4 Å². The van der Waals surface area contributed by atoms with Crippen LogP contribution in [0.25, 0.3) is 0 Å². The second-order valence-electron chi connectivity index (χ2n) is 4.61. The summed E-state index contributed by atoms with van der Waals surface area (Å²) in [4.78, 5) is 1.97. The van der Waals surface area contributed by atoms with E-state index >= 15 is 0 Å². The average molecular weight is 244 g/mol. The molecule has 2 aromatic carbocycles. The molecule has 0 aromatic heterocycles. The average Bonchev–Trinajstić information content (AvgIpc) is 2.26. The Morgan fingerprint density at radius 2 is 1.61 bits per heavy atom. The number of halogens is 1. The number of rotatable bonds is 2. The van der Waals surface area contributed by atoms with E-state index in [1.54, 1.807) is 6.07 Å². The Kier molecular flexibility index (Phi) is 3.24. The van der Waals surface area contributed by atoms with E-state index < -0.39 is 0 Å². The van der Waals surface area contributed by atoms with Crippen molar-refractivity contribution in [3.8, 4) is 0 Å². The fraction of sp³-hybridized carbons (Fsp3) is 0.200. The van der Waals surface area contributed by atoms with Gasteiger partial charge in [-0.2, -0.15) is 0 Å². The zero-order chi connectivity index (χ0) is 13.3. The maximum absolute atomic E-state index is 13.0. The van der Waals surface area contributed by atoms with Gasteiger partial charge in [0.15, 0.2) is 0 Å². The van der Waals surface area contributed by atoms with Gasteiger partial charge in [0, 0.05) is 12.7 Å². The van der Waals surface area contributed by atoms with Crippen LogP contribution in [0.3, 0.4) is 0 Å². The molecule has 94 valence electrons. The number of hydrogen-bond donors (Lipinski definition) is 1. The van der Waals surface area contributed by atoms with Gasteiger partial charge in [-0.15, -0.1) is 0 Å². The molecule has 0 unspecified atom stereocenters. The van der Waals surface area contributed by atoms with E-state index in [4.69, 9.17) is 5.73 Å². The lowest BCUT2D eigenvalue weighted by molar-refractivity contribution is 0.628. The predicted octanol–water partition coefficient (Wildman–Crippen LogP) is 3.79. The minimum Gasteiger partial charge on any atom is -0.397 e. The van der Waals surface area contributed by atoms with Crippen LogP contribution >= 0.6 is 0 Å². The number of anilines is 3. The zero-order valence-electron chi connectivity index (χ0n) is 10.9. The first-order chi connectivity index (χ1) is 8.47. The summed E-state index contributed by atoms with van der Waals surface area (Å²) in [6, 6.07) is 10.7. The normalized spacial score (nSPS) is 10.4. The summed E-state index contributed by atoms with van der Waals surface area (Å²) < 4.78 is 13.0. The van der Waals surface area contributed by atoms with Gasteiger partial charge in [0.2, 0.25) is 0 Å². The molecule has 2 nitrogen and oxygen atoms in total. The molecule has 0 bridgehead atoms. The molecule has 2 rings (SSSR count). The molecule has 0 aliphatic carbocycles. The van der Waals surface area contributed by atoms with E-state index in [1.165, 1.54) is 23.3 Å². The fourth-order valence-corrected chi connectivity index (χ4v) is 2.11. The van der Waals surface area contributed by atoms with Gasteiger partial charge in [-0.25, -0.2) is 4.39 Å². The smallest absolute Gasteiger partial charge is 0.125 e. The lowest BCUT2D eigenvalue weighted by Crippen LogP contribution is -2.12. The lowest BCUT2D eigenvalue weighted by Gasteiger charge is -2.22. The van der Waals surface area contributed by atoms with Crippen LogP contribution in [-0.2, 0) is 0 Å². The summed E-state index contributed by atoms with van der Waals surface area (Å²) in [5, 5.41) is 0. The molecule has 0 saturated carbocycles. The third kappa shape index (κ3) is 2.45. The molecule has 2 aromatic rings. The SMILES string of the molecule is Cc1cc(C)cc(N(C)c2ccc(F)cc2N)c1. The molecule has 3 heteroatoms. The van der Waals surface area contributed by atoms with Gasteiger partial charge in [0.1, 0.15) is 5.82 Å². The molecule has 0 saturated heterocycles.